The minimum atomic E-state index is -4.55. The SMILES string of the molecule is Cl.N#CC[C@@H](N)c1cc(C(F)(F)F)ccc1F. The van der Waals surface area contributed by atoms with Gasteiger partial charge in [-0.2, -0.15) is 18.4 Å². The minimum absolute atomic E-state index is 0. The number of halogens is 5. The predicted molar refractivity (Wildman–Crippen MR) is 55.8 cm³/mol. The van der Waals surface area contributed by atoms with Crippen LogP contribution < -0.4 is 5.73 Å². The van der Waals surface area contributed by atoms with Crippen molar-refractivity contribution in [1.29, 1.82) is 5.26 Å². The van der Waals surface area contributed by atoms with Crippen LogP contribution in [0.4, 0.5) is 17.6 Å². The molecule has 17 heavy (non-hydrogen) atoms. The molecule has 0 bridgehead atoms. The lowest BCUT2D eigenvalue weighted by atomic mass is 10.0. The number of alkyl halides is 3. The summed E-state index contributed by atoms with van der Waals surface area (Å²) in [5.41, 5.74) is 4.12. The van der Waals surface area contributed by atoms with Gasteiger partial charge in [-0.05, 0) is 18.2 Å². The van der Waals surface area contributed by atoms with E-state index in [0.29, 0.717) is 18.2 Å². The summed E-state index contributed by atoms with van der Waals surface area (Å²) in [6, 6.07) is 2.61. The number of benzene rings is 1. The number of nitriles is 1. The summed E-state index contributed by atoms with van der Waals surface area (Å²) in [4.78, 5) is 0. The summed E-state index contributed by atoms with van der Waals surface area (Å²) in [7, 11) is 0. The molecule has 0 fully saturated rings. The van der Waals surface area contributed by atoms with Crippen LogP contribution in [0, 0.1) is 17.1 Å². The molecule has 0 aromatic heterocycles. The quantitative estimate of drug-likeness (QED) is 0.838. The molecular weight excluding hydrogens is 260 g/mol. The van der Waals surface area contributed by atoms with E-state index in [1.165, 1.54) is 0 Å². The van der Waals surface area contributed by atoms with Crippen LogP contribution in [-0.2, 0) is 6.18 Å². The lowest BCUT2D eigenvalue weighted by Gasteiger charge is -2.13. The lowest BCUT2D eigenvalue weighted by Crippen LogP contribution is -2.14. The van der Waals surface area contributed by atoms with E-state index in [2.05, 4.69) is 0 Å². The first-order valence-corrected chi connectivity index (χ1v) is 4.35. The number of rotatable bonds is 2. The second kappa shape index (κ2) is 5.84. The molecular formula is C10H9ClF4N2. The molecule has 0 heterocycles. The number of hydrogen-bond acceptors (Lipinski definition) is 2. The Kier molecular flexibility index (Phi) is 5.39. The van der Waals surface area contributed by atoms with Gasteiger partial charge in [0.25, 0.3) is 0 Å². The Bertz CT molecular complexity index is 425. The van der Waals surface area contributed by atoms with E-state index < -0.39 is 23.6 Å². The molecule has 7 heteroatoms. The fourth-order valence-corrected chi connectivity index (χ4v) is 1.21. The van der Waals surface area contributed by atoms with Crippen molar-refractivity contribution in [1.82, 2.24) is 0 Å². The molecule has 0 aliphatic carbocycles. The molecule has 2 nitrogen and oxygen atoms in total. The molecule has 0 aliphatic rings. The molecule has 1 aromatic rings. The highest BCUT2D eigenvalue weighted by Gasteiger charge is 2.31. The van der Waals surface area contributed by atoms with Gasteiger partial charge in [-0.3, -0.25) is 0 Å². The molecule has 0 spiro atoms. The second-order valence-corrected chi connectivity index (χ2v) is 3.20. The second-order valence-electron chi connectivity index (χ2n) is 3.20. The smallest absolute Gasteiger partial charge is 0.323 e. The van der Waals surface area contributed by atoms with Gasteiger partial charge in [0.2, 0.25) is 0 Å². The van der Waals surface area contributed by atoms with Crippen molar-refractivity contribution in [2.24, 2.45) is 5.73 Å². The fourth-order valence-electron chi connectivity index (χ4n) is 1.21. The van der Waals surface area contributed by atoms with Crippen LogP contribution in [0.3, 0.4) is 0 Å². The Hall–Kier alpha value is -1.32. The molecule has 0 unspecified atom stereocenters. The Morgan fingerprint density at radius 1 is 1.35 bits per heavy atom. The average Bonchev–Trinajstić information content (AvgIpc) is 2.16. The highest BCUT2D eigenvalue weighted by Crippen LogP contribution is 2.31. The van der Waals surface area contributed by atoms with Gasteiger partial charge in [-0.15, -0.1) is 12.4 Å². The van der Waals surface area contributed by atoms with Gasteiger partial charge >= 0.3 is 6.18 Å². The molecule has 1 aromatic carbocycles. The average molecular weight is 269 g/mol. The van der Waals surface area contributed by atoms with Gasteiger partial charge in [-0.25, -0.2) is 4.39 Å². The van der Waals surface area contributed by atoms with Crippen molar-refractivity contribution in [3.05, 3.63) is 35.1 Å². The van der Waals surface area contributed by atoms with E-state index in [1.54, 1.807) is 6.07 Å². The minimum Gasteiger partial charge on any atom is -0.323 e. The largest absolute Gasteiger partial charge is 0.416 e. The summed E-state index contributed by atoms with van der Waals surface area (Å²) < 4.78 is 50.1. The molecule has 0 saturated heterocycles. The first-order chi connectivity index (χ1) is 7.36. The molecule has 94 valence electrons. The lowest BCUT2D eigenvalue weighted by molar-refractivity contribution is -0.137. The number of nitrogens with zero attached hydrogens (tertiary/aromatic N) is 1. The van der Waals surface area contributed by atoms with E-state index in [4.69, 9.17) is 11.0 Å². The van der Waals surface area contributed by atoms with Crippen LogP contribution in [0.2, 0.25) is 0 Å². The normalized spacial score (nSPS) is 12.5. The van der Waals surface area contributed by atoms with E-state index in [1.807, 2.05) is 0 Å². The third kappa shape index (κ3) is 3.88. The third-order valence-electron chi connectivity index (χ3n) is 2.03. The highest BCUT2D eigenvalue weighted by atomic mass is 35.5. The summed E-state index contributed by atoms with van der Waals surface area (Å²) in [6.07, 6.45) is -4.78. The van der Waals surface area contributed by atoms with Gasteiger partial charge in [0.05, 0.1) is 18.1 Å². The Labute approximate surface area is 101 Å². The topological polar surface area (TPSA) is 49.8 Å². The molecule has 0 saturated carbocycles. The summed E-state index contributed by atoms with van der Waals surface area (Å²) in [5.74, 6) is -0.837. The molecule has 2 N–H and O–H groups in total. The zero-order chi connectivity index (χ0) is 12.3. The van der Waals surface area contributed by atoms with Crippen LogP contribution in [0.25, 0.3) is 0 Å². The maximum atomic E-state index is 13.2. The van der Waals surface area contributed by atoms with Gasteiger partial charge in [0, 0.05) is 11.6 Å². The number of hydrogen-bond donors (Lipinski definition) is 1. The van der Waals surface area contributed by atoms with Crippen molar-refractivity contribution in [2.75, 3.05) is 0 Å². The first-order valence-electron chi connectivity index (χ1n) is 4.35. The van der Waals surface area contributed by atoms with E-state index in [0.717, 1.165) is 0 Å². The summed E-state index contributed by atoms with van der Waals surface area (Å²) in [6.45, 7) is 0. The third-order valence-corrected chi connectivity index (χ3v) is 2.03. The van der Waals surface area contributed by atoms with Crippen molar-refractivity contribution < 1.29 is 17.6 Å². The van der Waals surface area contributed by atoms with E-state index >= 15 is 0 Å². The van der Waals surface area contributed by atoms with Gasteiger partial charge in [0.15, 0.2) is 0 Å². The monoisotopic (exact) mass is 268 g/mol. The van der Waals surface area contributed by atoms with Gasteiger partial charge in [-0.1, -0.05) is 0 Å². The number of nitrogens with two attached hydrogens (primary N) is 1. The molecule has 0 radical (unpaired) electrons. The molecule has 0 amide bonds. The van der Waals surface area contributed by atoms with E-state index in [-0.39, 0.29) is 24.4 Å². The van der Waals surface area contributed by atoms with Crippen LogP contribution in [0.1, 0.15) is 23.6 Å². The summed E-state index contributed by atoms with van der Waals surface area (Å²) in [5, 5.41) is 8.34. The summed E-state index contributed by atoms with van der Waals surface area (Å²) >= 11 is 0. The van der Waals surface area contributed by atoms with Gasteiger partial charge < -0.3 is 5.73 Å². The zero-order valence-corrected chi connectivity index (χ0v) is 9.28. The van der Waals surface area contributed by atoms with Crippen LogP contribution in [0.5, 0.6) is 0 Å². The Balaban J connectivity index is 0.00000256. The Morgan fingerprint density at radius 2 is 1.94 bits per heavy atom. The predicted octanol–water partition coefficient (Wildman–Crippen LogP) is 3.18. The standard InChI is InChI=1S/C10H8F4N2.ClH/c11-8-2-1-6(10(12,13)14)5-7(8)9(16)3-4-15;/h1-2,5,9H,3,16H2;1H/t9-;/m1./s1. The maximum Gasteiger partial charge on any atom is 0.416 e. The first kappa shape index (κ1) is 15.7. The van der Waals surface area contributed by atoms with Crippen LogP contribution in [-0.4, -0.2) is 0 Å². The van der Waals surface area contributed by atoms with Crippen LogP contribution >= 0.6 is 12.4 Å². The molecule has 1 rings (SSSR count). The maximum absolute atomic E-state index is 13.2. The fraction of sp³-hybridized carbons (Fsp3) is 0.300. The van der Waals surface area contributed by atoms with Crippen molar-refractivity contribution in [3.63, 3.8) is 0 Å². The van der Waals surface area contributed by atoms with Crippen molar-refractivity contribution in [3.8, 4) is 6.07 Å². The van der Waals surface area contributed by atoms with Crippen molar-refractivity contribution in [2.45, 2.75) is 18.6 Å². The van der Waals surface area contributed by atoms with E-state index in [9.17, 15) is 17.6 Å². The Morgan fingerprint density at radius 3 is 2.41 bits per heavy atom. The van der Waals surface area contributed by atoms with Crippen molar-refractivity contribution >= 4 is 12.4 Å². The van der Waals surface area contributed by atoms with Crippen LogP contribution in [0.15, 0.2) is 18.2 Å². The molecule has 0 aliphatic heterocycles. The zero-order valence-electron chi connectivity index (χ0n) is 8.46. The van der Waals surface area contributed by atoms with Gasteiger partial charge in [0.1, 0.15) is 5.82 Å². The molecule has 1 atom stereocenters. The highest BCUT2D eigenvalue weighted by molar-refractivity contribution is 5.85.